The number of imidazole rings is 1. The maximum Gasteiger partial charge on any atom is 0.268 e. The maximum atomic E-state index is 12.1. The molecule has 1 aromatic heterocycles. The van der Waals surface area contributed by atoms with Gasteiger partial charge >= 0.3 is 0 Å². The Bertz CT molecular complexity index is 661. The van der Waals surface area contributed by atoms with Gasteiger partial charge in [-0.05, 0) is 24.3 Å². The summed E-state index contributed by atoms with van der Waals surface area (Å²) in [6, 6.07) is 6.00. The zero-order valence-corrected chi connectivity index (χ0v) is 11.1. The second-order valence-corrected chi connectivity index (χ2v) is 5.67. The highest BCUT2D eigenvalue weighted by Crippen LogP contribution is 2.16. The first-order valence-corrected chi connectivity index (χ1v) is 7.11. The lowest BCUT2D eigenvalue weighted by molar-refractivity contribution is -0.115. The molecule has 0 radical (unpaired) electrons. The number of amides is 1. The summed E-state index contributed by atoms with van der Waals surface area (Å²) in [4.78, 5) is 15.1. The Morgan fingerprint density at radius 1 is 1.32 bits per heavy atom. The molecule has 1 N–H and O–H groups in total. The minimum atomic E-state index is -3.60. The van der Waals surface area contributed by atoms with Gasteiger partial charge in [0, 0.05) is 24.5 Å². The van der Waals surface area contributed by atoms with Crippen LogP contribution >= 0.6 is 0 Å². The van der Waals surface area contributed by atoms with Crippen molar-refractivity contribution in [1.82, 2.24) is 8.96 Å². The van der Waals surface area contributed by atoms with E-state index in [1.165, 1.54) is 30.9 Å². The molecule has 0 saturated heterocycles. The molecule has 0 aliphatic carbocycles. The summed E-state index contributed by atoms with van der Waals surface area (Å²) >= 11 is 0. The van der Waals surface area contributed by atoms with Crippen molar-refractivity contribution >= 4 is 21.6 Å². The fourth-order valence-corrected chi connectivity index (χ4v) is 2.59. The lowest BCUT2D eigenvalue weighted by Gasteiger charge is -2.07. The Hall–Kier alpha value is -2.15. The van der Waals surface area contributed by atoms with Crippen LogP contribution < -0.4 is 5.32 Å². The molecule has 1 amide bonds. The van der Waals surface area contributed by atoms with E-state index in [2.05, 4.69) is 10.3 Å². The normalized spacial score (nSPS) is 11.2. The number of aromatic nitrogens is 2. The van der Waals surface area contributed by atoms with Gasteiger partial charge in [-0.1, -0.05) is 6.92 Å². The summed E-state index contributed by atoms with van der Waals surface area (Å²) in [5.74, 6) is -0.120. The average Bonchev–Trinajstić information content (AvgIpc) is 2.94. The lowest BCUT2D eigenvalue weighted by Crippen LogP contribution is -2.12. The molecule has 0 unspecified atom stereocenters. The Morgan fingerprint density at radius 2 is 2.00 bits per heavy atom. The highest BCUT2D eigenvalue weighted by molar-refractivity contribution is 7.90. The van der Waals surface area contributed by atoms with Crippen LogP contribution in [0.15, 0.2) is 47.9 Å². The summed E-state index contributed by atoms with van der Waals surface area (Å²) in [5, 5.41) is 2.65. The van der Waals surface area contributed by atoms with Crippen LogP contribution in [0.5, 0.6) is 0 Å². The molecule has 0 saturated carbocycles. The lowest BCUT2D eigenvalue weighted by atomic mass is 10.3. The first kappa shape index (κ1) is 13.3. The largest absolute Gasteiger partial charge is 0.326 e. The standard InChI is InChI=1S/C12H13N3O3S/c1-2-12(16)14-10-3-5-11(6-4-10)19(17,18)15-8-7-13-9-15/h3-9H,2H2,1H3,(H,14,16). The summed E-state index contributed by atoms with van der Waals surface area (Å²) in [6.45, 7) is 1.74. The van der Waals surface area contributed by atoms with Crippen molar-refractivity contribution in [3.63, 3.8) is 0 Å². The number of anilines is 1. The molecule has 0 atom stereocenters. The average molecular weight is 279 g/mol. The van der Waals surface area contributed by atoms with Gasteiger partial charge in [-0.25, -0.2) is 17.4 Å². The fourth-order valence-electron chi connectivity index (χ4n) is 1.47. The topological polar surface area (TPSA) is 81.1 Å². The molecule has 6 nitrogen and oxygen atoms in total. The molecule has 100 valence electrons. The molecule has 0 bridgehead atoms. The minimum Gasteiger partial charge on any atom is -0.326 e. The van der Waals surface area contributed by atoms with Gasteiger partial charge < -0.3 is 5.32 Å². The van der Waals surface area contributed by atoms with Crippen LogP contribution in [0.2, 0.25) is 0 Å². The number of hydrogen-bond donors (Lipinski definition) is 1. The molecular weight excluding hydrogens is 266 g/mol. The van der Waals surface area contributed by atoms with Gasteiger partial charge in [-0.2, -0.15) is 0 Å². The van der Waals surface area contributed by atoms with Crippen molar-refractivity contribution < 1.29 is 13.2 Å². The van der Waals surface area contributed by atoms with Gasteiger partial charge in [0.15, 0.2) is 0 Å². The molecule has 0 aliphatic heterocycles. The molecule has 0 fully saturated rings. The van der Waals surface area contributed by atoms with Crippen LogP contribution in [0.25, 0.3) is 0 Å². The van der Waals surface area contributed by atoms with E-state index in [4.69, 9.17) is 0 Å². The second-order valence-electron chi connectivity index (χ2n) is 3.82. The van der Waals surface area contributed by atoms with Crippen molar-refractivity contribution in [1.29, 1.82) is 0 Å². The molecule has 7 heteroatoms. The molecule has 0 spiro atoms. The van der Waals surface area contributed by atoms with Gasteiger partial charge in [0.1, 0.15) is 6.33 Å². The Balaban J connectivity index is 2.26. The van der Waals surface area contributed by atoms with Crippen molar-refractivity contribution in [2.45, 2.75) is 18.2 Å². The number of nitrogens with zero attached hydrogens (tertiary/aromatic N) is 2. The quantitative estimate of drug-likeness (QED) is 0.919. The van der Waals surface area contributed by atoms with Crippen molar-refractivity contribution in [3.8, 4) is 0 Å². The third-order valence-electron chi connectivity index (χ3n) is 2.51. The predicted molar refractivity (Wildman–Crippen MR) is 70.2 cm³/mol. The molecule has 19 heavy (non-hydrogen) atoms. The maximum absolute atomic E-state index is 12.1. The summed E-state index contributed by atoms with van der Waals surface area (Å²) in [5.41, 5.74) is 0.566. The number of nitrogens with one attached hydrogen (secondary N) is 1. The number of rotatable bonds is 4. The van der Waals surface area contributed by atoms with E-state index in [0.29, 0.717) is 12.1 Å². The van der Waals surface area contributed by atoms with E-state index in [-0.39, 0.29) is 10.8 Å². The van der Waals surface area contributed by atoms with Crippen LogP contribution in [0.3, 0.4) is 0 Å². The number of carbonyl (C=O) groups excluding carboxylic acids is 1. The van der Waals surface area contributed by atoms with Gasteiger partial charge in [0.2, 0.25) is 5.91 Å². The van der Waals surface area contributed by atoms with Gasteiger partial charge in [0.25, 0.3) is 10.0 Å². The fraction of sp³-hybridized carbons (Fsp3) is 0.167. The van der Waals surface area contributed by atoms with Crippen LogP contribution in [0.1, 0.15) is 13.3 Å². The highest BCUT2D eigenvalue weighted by Gasteiger charge is 2.15. The zero-order chi connectivity index (χ0) is 13.9. The summed E-state index contributed by atoms with van der Waals surface area (Å²) in [6.07, 6.45) is 4.35. The number of carbonyl (C=O) groups is 1. The van der Waals surface area contributed by atoms with Crippen molar-refractivity contribution in [2.75, 3.05) is 5.32 Å². The van der Waals surface area contributed by atoms with E-state index in [1.54, 1.807) is 19.1 Å². The first-order valence-electron chi connectivity index (χ1n) is 5.67. The predicted octanol–water partition coefficient (Wildman–Crippen LogP) is 1.47. The van der Waals surface area contributed by atoms with Crippen molar-refractivity contribution in [2.24, 2.45) is 0 Å². The molecule has 1 heterocycles. The van der Waals surface area contributed by atoms with Crippen LogP contribution in [-0.4, -0.2) is 23.3 Å². The number of hydrogen-bond acceptors (Lipinski definition) is 4. The summed E-state index contributed by atoms with van der Waals surface area (Å²) in [7, 11) is -3.60. The zero-order valence-electron chi connectivity index (χ0n) is 10.3. The highest BCUT2D eigenvalue weighted by atomic mass is 32.2. The van der Waals surface area contributed by atoms with Crippen LogP contribution in [0, 0.1) is 0 Å². The minimum absolute atomic E-state index is 0.120. The Kier molecular flexibility index (Phi) is 3.66. The summed E-state index contributed by atoms with van der Waals surface area (Å²) < 4.78 is 25.3. The molecule has 1 aromatic carbocycles. The van der Waals surface area contributed by atoms with E-state index < -0.39 is 10.0 Å². The molecule has 2 rings (SSSR count). The molecule has 2 aromatic rings. The van der Waals surface area contributed by atoms with Gasteiger partial charge in [-0.3, -0.25) is 4.79 Å². The van der Waals surface area contributed by atoms with E-state index in [1.807, 2.05) is 0 Å². The second kappa shape index (κ2) is 5.23. The van der Waals surface area contributed by atoms with Gasteiger partial charge in [-0.15, -0.1) is 0 Å². The van der Waals surface area contributed by atoms with E-state index in [9.17, 15) is 13.2 Å². The Morgan fingerprint density at radius 3 is 2.53 bits per heavy atom. The van der Waals surface area contributed by atoms with E-state index >= 15 is 0 Å². The molecular formula is C12H13N3O3S. The van der Waals surface area contributed by atoms with E-state index in [0.717, 1.165) is 3.97 Å². The van der Waals surface area contributed by atoms with Crippen molar-refractivity contribution in [3.05, 3.63) is 43.0 Å². The SMILES string of the molecule is CCC(=O)Nc1ccc(S(=O)(=O)n2ccnc2)cc1. The van der Waals surface area contributed by atoms with Gasteiger partial charge in [0.05, 0.1) is 4.90 Å². The first-order chi connectivity index (χ1) is 9.04. The number of benzene rings is 1. The third kappa shape index (κ3) is 2.82. The Labute approximate surface area is 111 Å². The monoisotopic (exact) mass is 279 g/mol. The smallest absolute Gasteiger partial charge is 0.268 e. The van der Waals surface area contributed by atoms with Crippen LogP contribution in [0.4, 0.5) is 5.69 Å². The molecule has 0 aliphatic rings. The van der Waals surface area contributed by atoms with Crippen LogP contribution in [-0.2, 0) is 14.8 Å². The third-order valence-corrected chi connectivity index (χ3v) is 4.15.